The van der Waals surface area contributed by atoms with E-state index in [2.05, 4.69) is 82.6 Å². The molecule has 8 rings (SSSR count). The van der Waals surface area contributed by atoms with Crippen LogP contribution < -0.4 is 15.3 Å². The number of aliphatic hydroxyl groups is 3. The lowest BCUT2D eigenvalue weighted by Crippen LogP contribution is -2.10. The van der Waals surface area contributed by atoms with Crippen molar-refractivity contribution in [3.63, 3.8) is 0 Å². The maximum atomic E-state index is 10.8. The molecule has 0 aliphatic rings. The van der Waals surface area contributed by atoms with Gasteiger partial charge in [-0.1, -0.05) is 116 Å². The van der Waals surface area contributed by atoms with Crippen molar-refractivity contribution in [1.29, 1.82) is 0 Å². The zero-order valence-electron chi connectivity index (χ0n) is 36.8. The molecule has 0 bridgehead atoms. The Hall–Kier alpha value is -8.43. The molecule has 0 unspecified atom stereocenters. The fourth-order valence-corrected chi connectivity index (χ4v) is 8.09. The number of rotatable bonds is 13. The van der Waals surface area contributed by atoms with Crippen LogP contribution in [0.15, 0.2) is 199 Å². The average molecular weight is 871 g/mol. The van der Waals surface area contributed by atoms with Crippen LogP contribution >= 0.6 is 0 Å². The largest absolute Gasteiger partial charge is 0.512 e. The highest BCUT2D eigenvalue weighted by Gasteiger charge is 2.23. The van der Waals surface area contributed by atoms with Crippen LogP contribution in [0.5, 0.6) is 23.0 Å². The van der Waals surface area contributed by atoms with Crippen LogP contribution in [0, 0.1) is 0 Å². The Balaban J connectivity index is 1.03. The van der Waals surface area contributed by atoms with E-state index in [0.717, 1.165) is 56.4 Å². The van der Waals surface area contributed by atoms with E-state index in [1.165, 1.54) is 7.85 Å². The summed E-state index contributed by atoms with van der Waals surface area (Å²) in [5.41, 5.74) is 11.0. The topological polar surface area (TPSA) is 148 Å². The van der Waals surface area contributed by atoms with Crippen LogP contribution in [0.25, 0.3) is 39.0 Å². The second-order valence-corrected chi connectivity index (χ2v) is 15.8. The van der Waals surface area contributed by atoms with E-state index in [9.17, 15) is 35.7 Å². The van der Waals surface area contributed by atoms with E-state index in [1.54, 1.807) is 26.9 Å². The smallest absolute Gasteiger partial charge is 0.200 e. The molecule has 11 heteroatoms. The number of nitrogens with zero attached hydrogens (tertiary/aromatic N) is 2. The van der Waals surface area contributed by atoms with Crippen LogP contribution in [0.2, 0.25) is 6.32 Å². The Morgan fingerprint density at radius 2 is 0.758 bits per heavy atom. The standard InChI is InChI=1S/C55H48B2N2O7/c1-2-46(60)48(51(62)47(61)33-56)38-21-29-44(30-22-38)58(40-9-5-3-6-10-40)42-25-17-36(18-26-42)34-13-15-35(16-14-34)37-19-27-43(28-20-37)59(41-11-7-4-8-12-41)45-31-23-39(24-32-45)49-52(63)50(57)54(65)55(66)53(49)64/h3-32,60-66H,2,33,56-57H2,1H3/b48-46+,51-47-. The molecule has 0 spiro atoms. The van der Waals surface area contributed by atoms with Crippen molar-refractivity contribution >= 4 is 60.9 Å². The Labute approximate surface area is 385 Å². The second kappa shape index (κ2) is 19.1. The van der Waals surface area contributed by atoms with Crippen molar-refractivity contribution in [2.75, 3.05) is 9.80 Å². The van der Waals surface area contributed by atoms with E-state index in [4.69, 9.17) is 0 Å². The van der Waals surface area contributed by atoms with Crippen LogP contribution in [0.4, 0.5) is 34.1 Å². The third-order valence-electron chi connectivity index (χ3n) is 11.8. The maximum Gasteiger partial charge on any atom is 0.200 e. The van der Waals surface area contributed by atoms with Gasteiger partial charge in [-0.25, -0.2) is 0 Å². The second-order valence-electron chi connectivity index (χ2n) is 15.8. The summed E-state index contributed by atoms with van der Waals surface area (Å²) in [7, 11) is 3.20. The van der Waals surface area contributed by atoms with Gasteiger partial charge in [0, 0.05) is 40.5 Å². The maximum absolute atomic E-state index is 10.8. The third kappa shape index (κ3) is 8.74. The molecule has 9 nitrogen and oxygen atoms in total. The first-order valence-electron chi connectivity index (χ1n) is 21.7. The molecule has 7 N–H and O–H groups in total. The number of aliphatic hydroxyl groups excluding tert-OH is 3. The minimum atomic E-state index is -0.684. The van der Waals surface area contributed by atoms with Crippen molar-refractivity contribution in [3.05, 3.63) is 205 Å². The molecule has 0 aliphatic carbocycles. The van der Waals surface area contributed by atoms with E-state index in [0.29, 0.717) is 17.5 Å². The summed E-state index contributed by atoms with van der Waals surface area (Å²) in [6.45, 7) is 1.79. The predicted molar refractivity (Wildman–Crippen MR) is 272 cm³/mol. The molecule has 0 saturated heterocycles. The number of allylic oxidation sites excluding steroid dienone is 3. The summed E-state index contributed by atoms with van der Waals surface area (Å²) in [4.78, 5) is 4.24. The zero-order valence-corrected chi connectivity index (χ0v) is 36.8. The average Bonchev–Trinajstić information content (AvgIpc) is 3.37. The van der Waals surface area contributed by atoms with Crippen molar-refractivity contribution in [2.24, 2.45) is 0 Å². The Morgan fingerprint density at radius 1 is 0.409 bits per heavy atom. The van der Waals surface area contributed by atoms with Gasteiger partial charge in [-0.05, 0) is 118 Å². The quantitative estimate of drug-likeness (QED) is 0.0198. The molecule has 0 atom stereocenters. The van der Waals surface area contributed by atoms with Crippen LogP contribution in [-0.2, 0) is 0 Å². The molecule has 326 valence electrons. The molecule has 0 fully saturated rings. The predicted octanol–water partition coefficient (Wildman–Crippen LogP) is 11.8. The van der Waals surface area contributed by atoms with Gasteiger partial charge >= 0.3 is 0 Å². The summed E-state index contributed by atoms with van der Waals surface area (Å²) < 4.78 is 0. The number of phenolic OH excluding ortho intramolecular Hbond substituents is 4. The number of phenols is 4. The summed E-state index contributed by atoms with van der Waals surface area (Å²) in [5, 5.41) is 73.6. The normalized spacial score (nSPS) is 12.0. The van der Waals surface area contributed by atoms with E-state index < -0.39 is 17.2 Å². The Kier molecular flexibility index (Phi) is 12.8. The lowest BCUT2D eigenvalue weighted by atomic mass is 9.88. The molecule has 8 aromatic rings. The van der Waals surface area contributed by atoms with Gasteiger partial charge in [0.2, 0.25) is 5.75 Å². The molecule has 66 heavy (non-hydrogen) atoms. The van der Waals surface area contributed by atoms with Gasteiger partial charge in [0.25, 0.3) is 0 Å². The molecule has 8 aromatic carbocycles. The molecule has 0 aliphatic heterocycles. The van der Waals surface area contributed by atoms with Crippen molar-refractivity contribution in [1.82, 2.24) is 0 Å². The van der Waals surface area contributed by atoms with Gasteiger partial charge in [-0.2, -0.15) is 0 Å². The number of hydrogen-bond donors (Lipinski definition) is 7. The van der Waals surface area contributed by atoms with E-state index >= 15 is 0 Å². The van der Waals surface area contributed by atoms with Gasteiger partial charge in [-0.3, -0.25) is 0 Å². The molecule has 0 heterocycles. The SMILES string of the molecule is BC/C(O)=C(O)\C(=C(\O)CC)c1ccc(N(c2ccccc2)c2ccc(-c3ccc(-c4ccc(N(c5ccccc5)c5ccc(-c6c(O)c(B)c(O)c(O)c6O)cc5)cc4)cc3)cc2)cc1. The number of anilines is 6. The van der Waals surface area contributed by atoms with Crippen LogP contribution in [0.1, 0.15) is 18.9 Å². The highest BCUT2D eigenvalue weighted by atomic mass is 16.3. The molecular weight excluding hydrogens is 822 g/mol. The monoisotopic (exact) mass is 870 g/mol. The van der Waals surface area contributed by atoms with Gasteiger partial charge in [0.1, 0.15) is 33.0 Å². The summed E-state index contributed by atoms with van der Waals surface area (Å²) in [6.07, 6.45) is 0.528. The van der Waals surface area contributed by atoms with Crippen LogP contribution in [-0.4, -0.2) is 51.4 Å². The molecule has 0 amide bonds. The number of hydrogen-bond acceptors (Lipinski definition) is 9. The molecule has 0 saturated carbocycles. The highest BCUT2D eigenvalue weighted by molar-refractivity contribution is 6.37. The van der Waals surface area contributed by atoms with Crippen molar-refractivity contribution in [2.45, 2.75) is 19.7 Å². The molecule has 0 radical (unpaired) electrons. The minimum Gasteiger partial charge on any atom is -0.512 e. The zero-order chi connectivity index (χ0) is 46.5. The van der Waals surface area contributed by atoms with Gasteiger partial charge in [0.05, 0.1) is 11.1 Å². The lowest BCUT2D eigenvalue weighted by Gasteiger charge is -2.26. The highest BCUT2D eigenvalue weighted by Crippen LogP contribution is 2.47. The lowest BCUT2D eigenvalue weighted by molar-refractivity contribution is 0.336. The summed E-state index contributed by atoms with van der Waals surface area (Å²) in [5.74, 6) is -2.67. The Morgan fingerprint density at radius 3 is 1.14 bits per heavy atom. The summed E-state index contributed by atoms with van der Waals surface area (Å²) >= 11 is 0. The molecule has 0 aromatic heterocycles. The minimum absolute atomic E-state index is 0.00787. The fraction of sp³-hybridized carbons (Fsp3) is 0.0545. The van der Waals surface area contributed by atoms with Crippen LogP contribution in [0.3, 0.4) is 0 Å². The fourth-order valence-electron chi connectivity index (χ4n) is 8.09. The summed E-state index contributed by atoms with van der Waals surface area (Å²) in [6, 6.07) is 59.9. The first-order chi connectivity index (χ1) is 32.0. The molecular formula is C55H48B2N2O7. The van der Waals surface area contributed by atoms with Gasteiger partial charge in [-0.15, -0.1) is 0 Å². The third-order valence-corrected chi connectivity index (χ3v) is 11.8. The van der Waals surface area contributed by atoms with E-state index in [-0.39, 0.29) is 45.9 Å². The first-order valence-corrected chi connectivity index (χ1v) is 21.7. The number of aromatic hydroxyl groups is 4. The number of benzene rings is 8. The number of para-hydroxylation sites is 2. The van der Waals surface area contributed by atoms with E-state index in [1.807, 2.05) is 97.1 Å². The Bertz CT molecular complexity index is 3000. The van der Waals surface area contributed by atoms with Crippen molar-refractivity contribution in [3.8, 4) is 56.4 Å². The first kappa shape index (κ1) is 44.2. The van der Waals surface area contributed by atoms with Gasteiger partial charge < -0.3 is 45.5 Å². The van der Waals surface area contributed by atoms with Crippen molar-refractivity contribution < 1.29 is 35.7 Å². The van der Waals surface area contributed by atoms with Gasteiger partial charge in [0.15, 0.2) is 17.3 Å².